The smallest absolute Gasteiger partial charge is 0.252 e. The summed E-state index contributed by atoms with van der Waals surface area (Å²) in [5.41, 5.74) is 5.06. The number of nitrogens with one attached hydrogen (secondary N) is 1. The van der Waals surface area contributed by atoms with Crippen LogP contribution in [0.25, 0.3) is 11.3 Å². The van der Waals surface area contributed by atoms with E-state index in [1.807, 2.05) is 13.8 Å². The number of hydrogen-bond donors (Lipinski definition) is 2. The number of benzene rings is 1. The number of nitrogens with zero attached hydrogens (tertiary/aromatic N) is 2. The van der Waals surface area contributed by atoms with Crippen molar-refractivity contribution in [3.8, 4) is 22.8 Å². The van der Waals surface area contributed by atoms with Gasteiger partial charge in [0, 0.05) is 12.3 Å². The fraction of sp³-hybridized carbons (Fsp3) is 0.261. The summed E-state index contributed by atoms with van der Waals surface area (Å²) in [5.74, 6) is -4.30. The molecule has 1 aliphatic rings. The van der Waals surface area contributed by atoms with Gasteiger partial charge in [-0.05, 0) is 31.0 Å². The van der Waals surface area contributed by atoms with Gasteiger partial charge in [-0.15, -0.1) is 0 Å². The van der Waals surface area contributed by atoms with Crippen molar-refractivity contribution in [2.45, 2.75) is 32.8 Å². The third-order valence-corrected chi connectivity index (χ3v) is 5.06. The number of carbonyl (C=O) groups excluding carboxylic acids is 1. The molecular weight excluding hydrogens is 437 g/mol. The van der Waals surface area contributed by atoms with Gasteiger partial charge >= 0.3 is 0 Å². The van der Waals surface area contributed by atoms with Crippen LogP contribution in [0.5, 0.6) is 11.5 Å². The van der Waals surface area contributed by atoms with Gasteiger partial charge < -0.3 is 20.5 Å². The molecule has 1 atom stereocenters. The number of aromatic nitrogens is 2. The maximum Gasteiger partial charge on any atom is 0.252 e. The van der Waals surface area contributed by atoms with Gasteiger partial charge in [0.05, 0.1) is 16.8 Å². The van der Waals surface area contributed by atoms with E-state index in [1.54, 1.807) is 19.2 Å². The summed E-state index contributed by atoms with van der Waals surface area (Å²) in [6, 6.07) is 4.13. The highest BCUT2D eigenvalue weighted by molar-refractivity contribution is 5.99. The standard InChI is InChI=1S/C23H21F3N4O3/c1-10(2)18-20-16(6-7-28-18)33-11(3)9-32-21-14(25)5-4-13(24)17(21)19-15(26)8-12(22(27)31)23(29-19)30-20/h4-8,10-11H,9H2,1-3H3,(H2,27,31)(H,29,30)/t11-/m0/s1. The summed E-state index contributed by atoms with van der Waals surface area (Å²) in [5, 5.41) is 2.97. The normalized spacial score (nSPS) is 15.2. The number of ether oxygens (including phenoxy) is 2. The Morgan fingerprint density at radius 2 is 1.91 bits per heavy atom. The number of primary amides is 1. The monoisotopic (exact) mass is 458 g/mol. The molecule has 172 valence electrons. The molecule has 0 fully saturated rings. The Hall–Kier alpha value is -3.82. The zero-order valence-corrected chi connectivity index (χ0v) is 18.1. The average molecular weight is 458 g/mol. The lowest BCUT2D eigenvalue weighted by Gasteiger charge is -2.24. The summed E-state index contributed by atoms with van der Waals surface area (Å²) in [7, 11) is 0. The van der Waals surface area contributed by atoms with E-state index in [1.165, 1.54) is 0 Å². The number of pyridine rings is 2. The second kappa shape index (κ2) is 8.61. The molecule has 3 N–H and O–H groups in total. The molecule has 0 radical (unpaired) electrons. The largest absolute Gasteiger partial charge is 0.486 e. The highest BCUT2D eigenvalue weighted by Gasteiger charge is 2.27. The fourth-order valence-electron chi connectivity index (χ4n) is 3.53. The summed E-state index contributed by atoms with van der Waals surface area (Å²) in [4.78, 5) is 20.6. The minimum atomic E-state index is -1.07. The van der Waals surface area contributed by atoms with E-state index < -0.39 is 46.5 Å². The SMILES string of the molecule is CC(C)c1nccc2c1Nc1nc(c(F)cc1C(N)=O)-c1c(F)ccc(F)c1OC[C@H](C)O2. The van der Waals surface area contributed by atoms with Crippen LogP contribution in [0.15, 0.2) is 30.5 Å². The van der Waals surface area contributed by atoms with E-state index in [0.29, 0.717) is 17.1 Å². The van der Waals surface area contributed by atoms with E-state index in [0.717, 1.165) is 18.2 Å². The van der Waals surface area contributed by atoms with E-state index in [-0.39, 0.29) is 23.9 Å². The molecule has 0 saturated heterocycles. The third-order valence-electron chi connectivity index (χ3n) is 5.06. The van der Waals surface area contributed by atoms with E-state index >= 15 is 4.39 Å². The Balaban J connectivity index is 2.05. The fourth-order valence-corrected chi connectivity index (χ4v) is 3.53. The molecular formula is C23H21F3N4O3. The first-order valence-electron chi connectivity index (χ1n) is 10.2. The highest BCUT2D eigenvalue weighted by atomic mass is 19.1. The number of carbonyl (C=O) groups is 1. The predicted molar refractivity (Wildman–Crippen MR) is 115 cm³/mol. The number of fused-ring (bicyclic) bond motifs is 5. The first-order valence-corrected chi connectivity index (χ1v) is 10.2. The molecule has 0 aliphatic carbocycles. The van der Waals surface area contributed by atoms with Crippen molar-refractivity contribution in [1.82, 2.24) is 9.97 Å². The van der Waals surface area contributed by atoms with Crippen molar-refractivity contribution in [1.29, 1.82) is 0 Å². The Morgan fingerprint density at radius 1 is 1.18 bits per heavy atom. The predicted octanol–water partition coefficient (Wildman–Crippen LogP) is 4.69. The quantitative estimate of drug-likeness (QED) is 0.578. The van der Waals surface area contributed by atoms with Gasteiger partial charge in [0.15, 0.2) is 17.4 Å². The van der Waals surface area contributed by atoms with Crippen molar-refractivity contribution in [3.63, 3.8) is 0 Å². The molecule has 0 spiro atoms. The maximum absolute atomic E-state index is 15.0. The van der Waals surface area contributed by atoms with Crippen LogP contribution in [0.2, 0.25) is 0 Å². The van der Waals surface area contributed by atoms with Crippen LogP contribution in [-0.2, 0) is 0 Å². The van der Waals surface area contributed by atoms with Crippen LogP contribution in [0.4, 0.5) is 24.7 Å². The second-order valence-corrected chi connectivity index (χ2v) is 7.90. The van der Waals surface area contributed by atoms with E-state index in [2.05, 4.69) is 15.3 Å². The first-order chi connectivity index (χ1) is 15.7. The number of nitrogens with two attached hydrogens (primary N) is 1. The summed E-state index contributed by atoms with van der Waals surface area (Å²) in [6.45, 7) is 5.31. The van der Waals surface area contributed by atoms with Crippen LogP contribution in [0.3, 0.4) is 0 Å². The highest BCUT2D eigenvalue weighted by Crippen LogP contribution is 2.40. The lowest BCUT2D eigenvalue weighted by Crippen LogP contribution is -2.23. The van der Waals surface area contributed by atoms with Crippen LogP contribution < -0.4 is 20.5 Å². The lowest BCUT2D eigenvalue weighted by molar-refractivity contribution is 0.100. The van der Waals surface area contributed by atoms with Gasteiger partial charge in [-0.2, -0.15) is 0 Å². The van der Waals surface area contributed by atoms with Gasteiger partial charge in [-0.3, -0.25) is 9.78 Å². The number of halogens is 3. The molecule has 2 bridgehead atoms. The number of hydrogen-bond acceptors (Lipinski definition) is 6. The molecule has 7 nitrogen and oxygen atoms in total. The molecule has 0 saturated carbocycles. The molecule has 33 heavy (non-hydrogen) atoms. The molecule has 1 aliphatic heterocycles. The van der Waals surface area contributed by atoms with Crippen molar-refractivity contribution in [3.05, 3.63) is 59.2 Å². The van der Waals surface area contributed by atoms with Crippen molar-refractivity contribution in [2.75, 3.05) is 11.9 Å². The average Bonchev–Trinajstić information content (AvgIpc) is 2.75. The number of anilines is 2. The molecule has 10 heteroatoms. The molecule has 1 amide bonds. The summed E-state index contributed by atoms with van der Waals surface area (Å²) >= 11 is 0. The zero-order chi connectivity index (χ0) is 23.9. The van der Waals surface area contributed by atoms with Crippen LogP contribution in [-0.4, -0.2) is 28.6 Å². The van der Waals surface area contributed by atoms with E-state index in [4.69, 9.17) is 15.2 Å². The molecule has 1 aromatic carbocycles. The Labute approximate surface area is 187 Å². The van der Waals surface area contributed by atoms with E-state index in [9.17, 15) is 13.6 Å². The lowest BCUT2D eigenvalue weighted by atomic mass is 10.0. The van der Waals surface area contributed by atoms with Gasteiger partial charge in [-0.25, -0.2) is 18.2 Å². The summed E-state index contributed by atoms with van der Waals surface area (Å²) < 4.78 is 56.0. The second-order valence-electron chi connectivity index (χ2n) is 7.90. The van der Waals surface area contributed by atoms with Crippen molar-refractivity contribution < 1.29 is 27.4 Å². The minimum Gasteiger partial charge on any atom is -0.486 e. The number of rotatable bonds is 2. The first kappa shape index (κ1) is 22.4. The Morgan fingerprint density at radius 3 is 2.61 bits per heavy atom. The van der Waals surface area contributed by atoms with Crippen LogP contribution in [0, 0.1) is 17.5 Å². The Bertz CT molecular complexity index is 1250. The van der Waals surface area contributed by atoms with Crippen LogP contribution >= 0.6 is 0 Å². The molecule has 0 unspecified atom stereocenters. The minimum absolute atomic E-state index is 0.0697. The third kappa shape index (κ3) is 4.15. The van der Waals surface area contributed by atoms with Gasteiger partial charge in [0.25, 0.3) is 5.91 Å². The maximum atomic E-state index is 15.0. The van der Waals surface area contributed by atoms with Crippen molar-refractivity contribution >= 4 is 17.4 Å². The van der Waals surface area contributed by atoms with Gasteiger partial charge in [0.2, 0.25) is 0 Å². The van der Waals surface area contributed by atoms with Crippen molar-refractivity contribution in [2.24, 2.45) is 5.73 Å². The molecule has 2 aromatic heterocycles. The number of amides is 1. The topological polar surface area (TPSA) is 99.4 Å². The summed E-state index contributed by atoms with van der Waals surface area (Å²) in [6.07, 6.45) is 0.938. The molecule has 4 rings (SSSR count). The molecule has 3 aromatic rings. The van der Waals surface area contributed by atoms with Crippen LogP contribution in [0.1, 0.15) is 42.7 Å². The zero-order valence-electron chi connectivity index (χ0n) is 18.1. The van der Waals surface area contributed by atoms with Gasteiger partial charge in [-0.1, -0.05) is 13.8 Å². The van der Waals surface area contributed by atoms with Gasteiger partial charge in [0.1, 0.15) is 41.5 Å². The molecule has 3 heterocycles. The Kier molecular flexibility index (Phi) is 5.84.